The summed E-state index contributed by atoms with van der Waals surface area (Å²) in [6.07, 6.45) is 16.5. The van der Waals surface area contributed by atoms with E-state index in [4.69, 9.17) is 14.2 Å². The Hall–Kier alpha value is -6.08. The summed E-state index contributed by atoms with van der Waals surface area (Å²) in [6, 6.07) is 28.0. The Balaban J connectivity index is 1.08. The van der Waals surface area contributed by atoms with Gasteiger partial charge in [0.25, 0.3) is 5.91 Å². The van der Waals surface area contributed by atoms with Crippen molar-refractivity contribution in [2.75, 3.05) is 19.0 Å². The quantitative estimate of drug-likeness (QED) is 0.0246. The third kappa shape index (κ3) is 12.7. The maximum absolute atomic E-state index is 13.9. The van der Waals surface area contributed by atoms with E-state index in [0.29, 0.717) is 51.8 Å². The van der Waals surface area contributed by atoms with Crippen LogP contribution >= 0.6 is 11.8 Å². The molecule has 0 atom stereocenters. The van der Waals surface area contributed by atoms with Crippen LogP contribution in [0, 0.1) is 10.1 Å². The first-order valence-electron chi connectivity index (χ1n) is 21.2. The van der Waals surface area contributed by atoms with Gasteiger partial charge < -0.3 is 24.6 Å². The maximum atomic E-state index is 13.9. The number of hydrogen-bond donors (Lipinski definition) is 2. The van der Waals surface area contributed by atoms with Crippen LogP contribution in [-0.2, 0) is 12.3 Å². The summed E-state index contributed by atoms with van der Waals surface area (Å²) in [5, 5.41) is 32.5. The zero-order valence-electron chi connectivity index (χ0n) is 35.0. The van der Waals surface area contributed by atoms with Gasteiger partial charge in [0.15, 0.2) is 5.16 Å². The SMILES string of the molecule is CCCCCCCCCCCCCCOc1ccccc1NC(=O)c1cc(Oc2ccc(CSc3ncnn3Cc3ccc(OC)cc3)cc2[N+](=O)[O-])c2ccccc2c1O. The van der Waals surface area contributed by atoms with Crippen LogP contribution in [0.15, 0.2) is 109 Å². The van der Waals surface area contributed by atoms with Crippen LogP contribution in [0.1, 0.15) is 105 Å². The molecule has 0 aliphatic rings. The van der Waals surface area contributed by atoms with Gasteiger partial charge in [-0.25, -0.2) is 9.67 Å². The minimum absolute atomic E-state index is 0.0137. The molecular formula is C48H55N5O7S. The van der Waals surface area contributed by atoms with Gasteiger partial charge >= 0.3 is 5.69 Å². The Morgan fingerprint density at radius 3 is 2.15 bits per heavy atom. The number of aromatic hydroxyl groups is 1. The van der Waals surface area contributed by atoms with E-state index in [-0.39, 0.29) is 28.5 Å². The molecule has 5 aromatic carbocycles. The van der Waals surface area contributed by atoms with Crippen molar-refractivity contribution < 1.29 is 29.0 Å². The fourth-order valence-corrected chi connectivity index (χ4v) is 7.98. The van der Waals surface area contributed by atoms with E-state index < -0.39 is 10.8 Å². The maximum Gasteiger partial charge on any atom is 0.311 e. The Labute approximate surface area is 361 Å². The number of nitrogens with zero attached hydrogens (tertiary/aromatic N) is 4. The van der Waals surface area contributed by atoms with Crippen LogP contribution < -0.4 is 19.5 Å². The molecule has 0 unspecified atom stereocenters. The predicted octanol–water partition coefficient (Wildman–Crippen LogP) is 12.5. The minimum atomic E-state index is -0.587. The number of thioether (sulfide) groups is 1. The molecule has 0 bridgehead atoms. The molecule has 0 radical (unpaired) electrons. The molecule has 1 aromatic heterocycles. The van der Waals surface area contributed by atoms with E-state index >= 15 is 0 Å². The number of fused-ring (bicyclic) bond motifs is 1. The van der Waals surface area contributed by atoms with Crippen LogP contribution in [0.5, 0.6) is 28.7 Å². The molecule has 13 heteroatoms. The van der Waals surface area contributed by atoms with Crippen LogP contribution in [-0.4, -0.2) is 44.4 Å². The van der Waals surface area contributed by atoms with Crippen molar-refractivity contribution in [2.24, 2.45) is 0 Å². The highest BCUT2D eigenvalue weighted by Crippen LogP contribution is 2.41. The zero-order valence-corrected chi connectivity index (χ0v) is 35.8. The second kappa shape index (κ2) is 23.1. The number of phenolic OH excluding ortho intramolecular Hbond substituents is 1. The summed E-state index contributed by atoms with van der Waals surface area (Å²) >= 11 is 1.41. The number of para-hydroxylation sites is 2. The van der Waals surface area contributed by atoms with E-state index in [9.17, 15) is 20.0 Å². The van der Waals surface area contributed by atoms with Crippen molar-refractivity contribution in [1.82, 2.24) is 14.8 Å². The number of amides is 1. The normalized spacial score (nSPS) is 11.1. The van der Waals surface area contributed by atoms with E-state index in [2.05, 4.69) is 22.3 Å². The van der Waals surface area contributed by atoms with E-state index in [1.165, 1.54) is 94.4 Å². The lowest BCUT2D eigenvalue weighted by Crippen LogP contribution is -2.14. The lowest BCUT2D eigenvalue weighted by atomic mass is 10.0. The number of phenols is 1. The monoisotopic (exact) mass is 845 g/mol. The molecule has 6 rings (SSSR count). The summed E-state index contributed by atoms with van der Waals surface area (Å²) in [6.45, 7) is 3.27. The van der Waals surface area contributed by atoms with Crippen LogP contribution in [0.4, 0.5) is 11.4 Å². The third-order valence-corrected chi connectivity index (χ3v) is 11.5. The minimum Gasteiger partial charge on any atom is -0.506 e. The molecule has 0 aliphatic carbocycles. The van der Waals surface area contributed by atoms with Crippen LogP contribution in [0.3, 0.4) is 0 Å². The average molecular weight is 846 g/mol. The molecule has 12 nitrogen and oxygen atoms in total. The van der Waals surface area contributed by atoms with Crippen molar-refractivity contribution >= 4 is 39.8 Å². The first-order valence-corrected chi connectivity index (χ1v) is 22.2. The fourth-order valence-electron chi connectivity index (χ4n) is 7.12. The van der Waals surface area contributed by atoms with E-state index in [1.807, 2.05) is 30.3 Å². The van der Waals surface area contributed by atoms with Gasteiger partial charge in [-0.15, -0.1) is 0 Å². The van der Waals surface area contributed by atoms with Gasteiger partial charge in [0.1, 0.15) is 29.3 Å². The highest BCUT2D eigenvalue weighted by atomic mass is 32.2. The molecule has 0 saturated carbocycles. The molecule has 0 spiro atoms. The lowest BCUT2D eigenvalue weighted by molar-refractivity contribution is -0.385. The number of carbonyl (C=O) groups is 1. The summed E-state index contributed by atoms with van der Waals surface area (Å²) in [5.74, 6) is 1.01. The zero-order chi connectivity index (χ0) is 42.8. The van der Waals surface area contributed by atoms with Gasteiger partial charge in [0.05, 0.1) is 36.4 Å². The van der Waals surface area contributed by atoms with Crippen LogP contribution in [0.2, 0.25) is 0 Å². The number of rotatable bonds is 25. The predicted molar refractivity (Wildman–Crippen MR) is 241 cm³/mol. The van der Waals surface area contributed by atoms with Gasteiger partial charge in [0.2, 0.25) is 5.75 Å². The number of nitro benzene ring substituents is 1. The number of unbranched alkanes of at least 4 members (excludes halogenated alkanes) is 11. The van der Waals surface area contributed by atoms with E-state index in [1.54, 1.807) is 66.4 Å². The molecule has 1 amide bonds. The number of nitrogens with one attached hydrogen (secondary N) is 1. The molecule has 0 fully saturated rings. The molecule has 0 saturated heterocycles. The number of anilines is 1. The first kappa shape index (κ1) is 44.5. The second-order valence-corrected chi connectivity index (χ2v) is 15.9. The van der Waals surface area contributed by atoms with E-state index in [0.717, 1.165) is 24.2 Å². The van der Waals surface area contributed by atoms with Gasteiger partial charge in [-0.2, -0.15) is 5.10 Å². The van der Waals surface area contributed by atoms with Crippen molar-refractivity contribution in [2.45, 2.75) is 101 Å². The van der Waals surface area contributed by atoms with Crippen molar-refractivity contribution in [3.63, 3.8) is 0 Å². The van der Waals surface area contributed by atoms with Gasteiger partial charge in [0, 0.05) is 22.6 Å². The molecular weight excluding hydrogens is 791 g/mol. The Morgan fingerprint density at radius 1 is 0.787 bits per heavy atom. The molecule has 1 heterocycles. The highest BCUT2D eigenvalue weighted by Gasteiger charge is 2.23. The summed E-state index contributed by atoms with van der Waals surface area (Å²) < 4.78 is 19.4. The number of carbonyl (C=O) groups excluding carboxylic acids is 1. The topological polar surface area (TPSA) is 151 Å². The second-order valence-electron chi connectivity index (χ2n) is 15.0. The van der Waals surface area contributed by atoms with Crippen LogP contribution in [0.25, 0.3) is 10.8 Å². The number of aromatic nitrogens is 3. The molecule has 0 aliphatic heterocycles. The van der Waals surface area contributed by atoms with Gasteiger partial charge in [-0.3, -0.25) is 14.9 Å². The van der Waals surface area contributed by atoms with Crippen molar-refractivity contribution in [1.29, 1.82) is 0 Å². The summed E-state index contributed by atoms with van der Waals surface area (Å²) in [7, 11) is 1.62. The molecule has 2 N–H and O–H groups in total. The first-order chi connectivity index (χ1) is 29.8. The van der Waals surface area contributed by atoms with Crippen molar-refractivity contribution in [3.05, 3.63) is 130 Å². The number of methoxy groups -OCH3 is 1. The largest absolute Gasteiger partial charge is 0.506 e. The number of ether oxygens (including phenoxy) is 3. The molecule has 6 aromatic rings. The smallest absolute Gasteiger partial charge is 0.311 e. The summed E-state index contributed by atoms with van der Waals surface area (Å²) in [4.78, 5) is 30.2. The lowest BCUT2D eigenvalue weighted by Gasteiger charge is -2.16. The Morgan fingerprint density at radius 2 is 1.44 bits per heavy atom. The van der Waals surface area contributed by atoms with Crippen molar-refractivity contribution in [3.8, 4) is 28.7 Å². The standard InChI is InChI=1S/C48H55N5O7S/c1-3-4-5-6-7-8-9-10-11-12-13-18-29-59-43-22-17-16-21-41(43)51-47(55)40-31-45(38-19-14-15-20-39(38)46(40)54)60-44-28-25-36(30-42(44)53(56)57)33-61-48-49-34-50-52(48)32-35-23-26-37(58-2)27-24-35/h14-17,19-28,30-31,34,54H,3-13,18,29,32-33H2,1-2H3,(H,51,55). The molecule has 320 valence electrons. The average Bonchev–Trinajstić information content (AvgIpc) is 3.72. The van der Waals surface area contributed by atoms with Gasteiger partial charge in [-0.05, 0) is 53.9 Å². The third-order valence-electron chi connectivity index (χ3n) is 10.5. The number of hydrogen-bond acceptors (Lipinski definition) is 10. The van der Waals surface area contributed by atoms with Gasteiger partial charge in [-0.1, -0.05) is 144 Å². The number of benzene rings is 5. The highest BCUT2D eigenvalue weighted by molar-refractivity contribution is 7.98. The molecule has 61 heavy (non-hydrogen) atoms. The Kier molecular flexibility index (Phi) is 16.8. The fraction of sp³-hybridized carbons (Fsp3) is 0.354. The summed E-state index contributed by atoms with van der Waals surface area (Å²) in [5.41, 5.74) is 1.86. The number of nitro groups is 1. The Bertz CT molecular complexity index is 2350.